The molecule has 0 aromatic heterocycles. The summed E-state index contributed by atoms with van der Waals surface area (Å²) in [6, 6.07) is 9.38. The van der Waals surface area contributed by atoms with Gasteiger partial charge < -0.3 is 9.64 Å². The van der Waals surface area contributed by atoms with Crippen LogP contribution < -0.4 is 4.74 Å². The molecule has 3 fully saturated rings. The number of carbonyl (C=O) groups is 1. The van der Waals surface area contributed by atoms with Crippen molar-refractivity contribution in [1.82, 2.24) is 4.90 Å². The van der Waals surface area contributed by atoms with E-state index < -0.39 is 0 Å². The van der Waals surface area contributed by atoms with Crippen LogP contribution >= 0.6 is 0 Å². The summed E-state index contributed by atoms with van der Waals surface area (Å²) in [6.45, 7) is 1.63. The standard InChI is InChI=1S/C20H24N2O2/c21-13-14-5-7-15(8-6-14)24-16-9-11-22(12-10-16)20(23)19-17-3-1-2-4-18(17)19/h5-8,16-19H,1-4,9-12H2/t17-,18-/m0/s1. The van der Waals surface area contributed by atoms with E-state index in [2.05, 4.69) is 11.0 Å². The maximum Gasteiger partial charge on any atom is 0.226 e. The first-order valence-electron chi connectivity index (χ1n) is 9.22. The maximum absolute atomic E-state index is 12.7. The summed E-state index contributed by atoms with van der Waals surface area (Å²) in [4.78, 5) is 14.8. The summed E-state index contributed by atoms with van der Waals surface area (Å²) in [5.41, 5.74) is 0.647. The van der Waals surface area contributed by atoms with Crippen LogP contribution in [-0.2, 0) is 4.79 Å². The Morgan fingerprint density at radius 1 is 1.04 bits per heavy atom. The molecule has 2 atom stereocenters. The van der Waals surface area contributed by atoms with E-state index in [9.17, 15) is 4.79 Å². The fourth-order valence-electron chi connectivity index (χ4n) is 4.56. The van der Waals surface area contributed by atoms with Crippen LogP contribution in [0, 0.1) is 29.1 Å². The van der Waals surface area contributed by atoms with Crippen LogP contribution in [0.2, 0.25) is 0 Å². The molecule has 0 unspecified atom stereocenters. The van der Waals surface area contributed by atoms with Crippen molar-refractivity contribution in [2.75, 3.05) is 13.1 Å². The molecule has 1 amide bonds. The van der Waals surface area contributed by atoms with Gasteiger partial charge in [-0.1, -0.05) is 12.8 Å². The summed E-state index contributed by atoms with van der Waals surface area (Å²) in [5, 5.41) is 8.83. The molecule has 1 heterocycles. The zero-order valence-corrected chi connectivity index (χ0v) is 14.0. The smallest absolute Gasteiger partial charge is 0.226 e. The molecule has 4 rings (SSSR count). The first kappa shape index (κ1) is 15.5. The number of piperidine rings is 1. The molecule has 1 saturated heterocycles. The minimum Gasteiger partial charge on any atom is -0.490 e. The Morgan fingerprint density at radius 2 is 1.67 bits per heavy atom. The van der Waals surface area contributed by atoms with Gasteiger partial charge in [0.25, 0.3) is 0 Å². The van der Waals surface area contributed by atoms with Crippen molar-refractivity contribution in [1.29, 1.82) is 5.26 Å². The number of carbonyl (C=O) groups excluding carboxylic acids is 1. The van der Waals surface area contributed by atoms with Gasteiger partial charge in [0.05, 0.1) is 11.6 Å². The minimum atomic E-state index is 0.170. The third-order valence-electron chi connectivity index (χ3n) is 5.98. The number of likely N-dealkylation sites (tertiary alicyclic amines) is 1. The van der Waals surface area contributed by atoms with E-state index in [1.54, 1.807) is 12.1 Å². The molecule has 0 radical (unpaired) electrons. The van der Waals surface area contributed by atoms with Gasteiger partial charge in [-0.15, -0.1) is 0 Å². The number of hydrogen-bond acceptors (Lipinski definition) is 3. The zero-order chi connectivity index (χ0) is 16.5. The second-order valence-electron chi connectivity index (χ2n) is 7.42. The topological polar surface area (TPSA) is 53.3 Å². The third-order valence-corrected chi connectivity index (χ3v) is 5.98. The van der Waals surface area contributed by atoms with Crippen molar-refractivity contribution >= 4 is 5.91 Å². The molecule has 24 heavy (non-hydrogen) atoms. The van der Waals surface area contributed by atoms with Gasteiger partial charge in [0, 0.05) is 31.8 Å². The second kappa shape index (κ2) is 6.47. The monoisotopic (exact) mass is 324 g/mol. The van der Waals surface area contributed by atoms with Gasteiger partial charge >= 0.3 is 0 Å². The Morgan fingerprint density at radius 3 is 2.25 bits per heavy atom. The van der Waals surface area contributed by atoms with E-state index in [4.69, 9.17) is 10.00 Å². The lowest BCUT2D eigenvalue weighted by atomic mass is 10.0. The second-order valence-corrected chi connectivity index (χ2v) is 7.42. The zero-order valence-electron chi connectivity index (χ0n) is 14.0. The normalized spacial score (nSPS) is 29.5. The summed E-state index contributed by atoms with van der Waals surface area (Å²) in [6.07, 6.45) is 7.11. The van der Waals surface area contributed by atoms with Crippen LogP contribution in [0.4, 0.5) is 0 Å². The highest BCUT2D eigenvalue weighted by Gasteiger charge is 2.55. The van der Waals surface area contributed by atoms with Gasteiger partial charge in [0.2, 0.25) is 5.91 Å². The molecule has 0 spiro atoms. The number of nitriles is 1. The lowest BCUT2D eigenvalue weighted by molar-refractivity contribution is -0.135. The molecule has 1 aromatic rings. The van der Waals surface area contributed by atoms with Crippen LogP contribution in [0.25, 0.3) is 0 Å². The highest BCUT2D eigenvalue weighted by Crippen LogP contribution is 2.56. The fourth-order valence-corrected chi connectivity index (χ4v) is 4.56. The van der Waals surface area contributed by atoms with Crippen LogP contribution in [0.15, 0.2) is 24.3 Å². The summed E-state index contributed by atoms with van der Waals surface area (Å²) in [7, 11) is 0. The van der Waals surface area contributed by atoms with Crippen molar-refractivity contribution in [2.24, 2.45) is 17.8 Å². The Bertz CT molecular complexity index is 629. The van der Waals surface area contributed by atoms with Gasteiger partial charge in [0.15, 0.2) is 0 Å². The van der Waals surface area contributed by atoms with Crippen LogP contribution in [0.1, 0.15) is 44.1 Å². The van der Waals surface area contributed by atoms with E-state index in [1.807, 2.05) is 12.1 Å². The molecule has 4 heteroatoms. The predicted octanol–water partition coefficient (Wildman–Crippen LogP) is 3.36. The van der Waals surface area contributed by atoms with Crippen LogP contribution in [0.3, 0.4) is 0 Å². The highest BCUT2D eigenvalue weighted by molar-refractivity contribution is 5.82. The molecular formula is C20H24N2O2. The van der Waals surface area contributed by atoms with Crippen LogP contribution in [-0.4, -0.2) is 30.0 Å². The number of ether oxygens (including phenoxy) is 1. The summed E-state index contributed by atoms with van der Waals surface area (Å²) < 4.78 is 6.01. The molecule has 2 saturated carbocycles. The maximum atomic E-state index is 12.7. The number of hydrogen-bond donors (Lipinski definition) is 0. The molecular weight excluding hydrogens is 300 g/mol. The molecule has 1 aliphatic heterocycles. The van der Waals surface area contributed by atoms with E-state index >= 15 is 0 Å². The summed E-state index contributed by atoms with van der Waals surface area (Å²) >= 11 is 0. The van der Waals surface area contributed by atoms with Crippen molar-refractivity contribution in [2.45, 2.75) is 44.6 Å². The van der Waals surface area contributed by atoms with Gasteiger partial charge in [-0.3, -0.25) is 4.79 Å². The molecule has 126 valence electrons. The molecule has 0 N–H and O–H groups in total. The minimum absolute atomic E-state index is 0.170. The highest BCUT2D eigenvalue weighted by atomic mass is 16.5. The van der Waals surface area contributed by atoms with E-state index in [-0.39, 0.29) is 6.10 Å². The first-order valence-corrected chi connectivity index (χ1v) is 9.22. The number of nitrogens with zero attached hydrogens (tertiary/aromatic N) is 2. The number of benzene rings is 1. The van der Waals surface area contributed by atoms with E-state index in [0.29, 0.717) is 29.2 Å². The largest absolute Gasteiger partial charge is 0.490 e. The Kier molecular flexibility index (Phi) is 4.18. The first-order chi connectivity index (χ1) is 11.8. The molecule has 0 bridgehead atoms. The molecule has 4 nitrogen and oxygen atoms in total. The van der Waals surface area contributed by atoms with Crippen molar-refractivity contribution in [3.05, 3.63) is 29.8 Å². The number of rotatable bonds is 3. The Hall–Kier alpha value is -2.02. The molecule has 1 aromatic carbocycles. The van der Waals surface area contributed by atoms with Crippen molar-refractivity contribution in [3.8, 4) is 11.8 Å². The quantitative estimate of drug-likeness (QED) is 0.856. The lowest BCUT2D eigenvalue weighted by Crippen LogP contribution is -2.42. The van der Waals surface area contributed by atoms with Gasteiger partial charge in [0.1, 0.15) is 11.9 Å². The average molecular weight is 324 g/mol. The van der Waals surface area contributed by atoms with Crippen molar-refractivity contribution in [3.63, 3.8) is 0 Å². The molecule has 2 aliphatic carbocycles. The Labute approximate surface area is 143 Å². The SMILES string of the molecule is N#Cc1ccc(OC2CCN(C(=O)C3[C@H]4CCCC[C@H]34)CC2)cc1. The van der Waals surface area contributed by atoms with Gasteiger partial charge in [-0.2, -0.15) is 5.26 Å². The average Bonchev–Trinajstić information content (AvgIpc) is 3.37. The third kappa shape index (κ3) is 3.00. The predicted molar refractivity (Wildman–Crippen MR) is 90.3 cm³/mol. The molecule has 3 aliphatic rings. The van der Waals surface area contributed by atoms with E-state index in [1.165, 1.54) is 25.7 Å². The van der Waals surface area contributed by atoms with E-state index in [0.717, 1.165) is 31.7 Å². The van der Waals surface area contributed by atoms with Gasteiger partial charge in [-0.05, 0) is 48.9 Å². The Balaban J connectivity index is 1.27. The fraction of sp³-hybridized carbons (Fsp3) is 0.600. The van der Waals surface area contributed by atoms with Crippen molar-refractivity contribution < 1.29 is 9.53 Å². The number of fused-ring (bicyclic) bond motifs is 1. The summed E-state index contributed by atoms with van der Waals surface area (Å²) in [5.74, 6) is 2.94. The van der Waals surface area contributed by atoms with Gasteiger partial charge in [-0.25, -0.2) is 0 Å². The lowest BCUT2D eigenvalue weighted by Gasteiger charge is -2.32. The number of amides is 1. The van der Waals surface area contributed by atoms with Crippen LogP contribution in [0.5, 0.6) is 5.75 Å².